The SMILES string of the molecule is CC(C)COc1ccc(-c2nc(C(=O)Nc3ccccc3)cs2)cc1. The summed E-state index contributed by atoms with van der Waals surface area (Å²) in [5.41, 5.74) is 2.15. The highest BCUT2D eigenvalue weighted by molar-refractivity contribution is 7.13. The molecule has 0 atom stereocenters. The molecule has 128 valence electrons. The lowest BCUT2D eigenvalue weighted by Crippen LogP contribution is -2.12. The highest BCUT2D eigenvalue weighted by Crippen LogP contribution is 2.26. The number of aromatic nitrogens is 1. The molecule has 0 bridgehead atoms. The smallest absolute Gasteiger partial charge is 0.275 e. The van der Waals surface area contributed by atoms with Crippen LogP contribution in [0, 0.1) is 5.92 Å². The molecule has 0 aliphatic rings. The van der Waals surface area contributed by atoms with Crippen molar-refractivity contribution in [1.29, 1.82) is 0 Å². The van der Waals surface area contributed by atoms with Crippen LogP contribution in [0.2, 0.25) is 0 Å². The topological polar surface area (TPSA) is 51.2 Å². The van der Waals surface area contributed by atoms with E-state index in [0.717, 1.165) is 22.0 Å². The van der Waals surface area contributed by atoms with Crippen molar-refractivity contribution in [2.45, 2.75) is 13.8 Å². The van der Waals surface area contributed by atoms with E-state index in [1.54, 1.807) is 5.38 Å². The fourth-order valence-corrected chi connectivity index (χ4v) is 2.99. The standard InChI is InChI=1S/C20H20N2O2S/c1-14(2)12-24-17-10-8-15(9-11-17)20-22-18(13-25-20)19(23)21-16-6-4-3-5-7-16/h3-11,13-14H,12H2,1-2H3,(H,21,23). The van der Waals surface area contributed by atoms with Crippen LogP contribution in [0.3, 0.4) is 0 Å². The minimum atomic E-state index is -0.203. The van der Waals surface area contributed by atoms with Gasteiger partial charge in [0.2, 0.25) is 0 Å². The second kappa shape index (κ2) is 7.94. The Balaban J connectivity index is 1.67. The van der Waals surface area contributed by atoms with Gasteiger partial charge in [-0.05, 0) is 42.3 Å². The highest BCUT2D eigenvalue weighted by atomic mass is 32.1. The van der Waals surface area contributed by atoms with Crippen LogP contribution in [0.1, 0.15) is 24.3 Å². The number of para-hydroxylation sites is 1. The van der Waals surface area contributed by atoms with E-state index in [1.807, 2.05) is 54.6 Å². The van der Waals surface area contributed by atoms with Gasteiger partial charge in [0.05, 0.1) is 6.61 Å². The van der Waals surface area contributed by atoms with E-state index in [9.17, 15) is 4.79 Å². The first-order valence-electron chi connectivity index (χ1n) is 8.17. The quantitative estimate of drug-likeness (QED) is 0.672. The third kappa shape index (κ3) is 4.67. The van der Waals surface area contributed by atoms with E-state index >= 15 is 0 Å². The number of anilines is 1. The van der Waals surface area contributed by atoms with Crippen LogP contribution < -0.4 is 10.1 Å². The van der Waals surface area contributed by atoms with Crippen molar-refractivity contribution in [2.24, 2.45) is 5.92 Å². The maximum absolute atomic E-state index is 12.3. The third-order valence-electron chi connectivity index (χ3n) is 3.45. The molecule has 1 aromatic heterocycles. The van der Waals surface area contributed by atoms with Crippen LogP contribution in [0.15, 0.2) is 60.0 Å². The van der Waals surface area contributed by atoms with Gasteiger partial charge in [-0.25, -0.2) is 4.98 Å². The molecule has 4 nitrogen and oxygen atoms in total. The number of thiazole rings is 1. The van der Waals surface area contributed by atoms with Gasteiger partial charge in [-0.2, -0.15) is 0 Å². The number of carbonyl (C=O) groups excluding carboxylic acids is 1. The molecule has 0 aliphatic heterocycles. The van der Waals surface area contributed by atoms with Gasteiger partial charge in [0.25, 0.3) is 5.91 Å². The Kier molecular flexibility index (Phi) is 5.46. The number of nitrogens with zero attached hydrogens (tertiary/aromatic N) is 1. The first-order chi connectivity index (χ1) is 12.1. The van der Waals surface area contributed by atoms with Crippen LogP contribution >= 0.6 is 11.3 Å². The molecule has 0 radical (unpaired) electrons. The van der Waals surface area contributed by atoms with Crippen LogP contribution in [-0.4, -0.2) is 17.5 Å². The van der Waals surface area contributed by atoms with Crippen LogP contribution in [-0.2, 0) is 0 Å². The fraction of sp³-hybridized carbons (Fsp3) is 0.200. The monoisotopic (exact) mass is 352 g/mol. The number of rotatable bonds is 6. The van der Waals surface area contributed by atoms with Gasteiger partial charge in [-0.3, -0.25) is 4.79 Å². The van der Waals surface area contributed by atoms with Gasteiger partial charge in [0.15, 0.2) is 0 Å². The van der Waals surface area contributed by atoms with Gasteiger partial charge in [0.1, 0.15) is 16.5 Å². The maximum Gasteiger partial charge on any atom is 0.275 e. The van der Waals surface area contributed by atoms with Crippen LogP contribution in [0.5, 0.6) is 5.75 Å². The molecule has 0 aliphatic carbocycles. The molecule has 3 rings (SSSR count). The second-order valence-corrected chi connectivity index (χ2v) is 6.95. The average Bonchev–Trinajstić information content (AvgIpc) is 3.11. The zero-order valence-electron chi connectivity index (χ0n) is 14.2. The summed E-state index contributed by atoms with van der Waals surface area (Å²) in [6.07, 6.45) is 0. The van der Waals surface area contributed by atoms with Crippen molar-refractivity contribution in [2.75, 3.05) is 11.9 Å². The second-order valence-electron chi connectivity index (χ2n) is 6.09. The number of hydrogen-bond donors (Lipinski definition) is 1. The molecule has 25 heavy (non-hydrogen) atoms. The zero-order chi connectivity index (χ0) is 17.6. The fourth-order valence-electron chi connectivity index (χ4n) is 2.18. The zero-order valence-corrected chi connectivity index (χ0v) is 15.0. The largest absolute Gasteiger partial charge is 0.493 e. The van der Waals surface area contributed by atoms with E-state index < -0.39 is 0 Å². The summed E-state index contributed by atoms with van der Waals surface area (Å²) in [6.45, 7) is 4.93. The lowest BCUT2D eigenvalue weighted by molar-refractivity contribution is 0.102. The number of carbonyl (C=O) groups is 1. The van der Waals surface area contributed by atoms with E-state index in [0.29, 0.717) is 18.2 Å². The molecular formula is C20H20N2O2S. The Bertz CT molecular complexity index is 826. The summed E-state index contributed by atoms with van der Waals surface area (Å²) < 4.78 is 5.69. The maximum atomic E-state index is 12.3. The normalized spacial score (nSPS) is 10.7. The van der Waals surface area contributed by atoms with E-state index in [2.05, 4.69) is 24.1 Å². The summed E-state index contributed by atoms with van der Waals surface area (Å²) in [6, 6.07) is 17.2. The summed E-state index contributed by atoms with van der Waals surface area (Å²) in [7, 11) is 0. The number of ether oxygens (including phenoxy) is 1. The first-order valence-corrected chi connectivity index (χ1v) is 9.05. The molecule has 0 spiro atoms. The Morgan fingerprint density at radius 3 is 2.52 bits per heavy atom. The summed E-state index contributed by atoms with van der Waals surface area (Å²) in [5.74, 6) is 1.13. The van der Waals surface area contributed by atoms with Crippen molar-refractivity contribution in [1.82, 2.24) is 4.98 Å². The Morgan fingerprint density at radius 2 is 1.84 bits per heavy atom. The highest BCUT2D eigenvalue weighted by Gasteiger charge is 2.12. The Morgan fingerprint density at radius 1 is 1.12 bits per heavy atom. The van der Waals surface area contributed by atoms with Crippen molar-refractivity contribution in [3.05, 3.63) is 65.7 Å². The van der Waals surface area contributed by atoms with Crippen molar-refractivity contribution < 1.29 is 9.53 Å². The molecule has 1 heterocycles. The van der Waals surface area contributed by atoms with E-state index in [1.165, 1.54) is 11.3 Å². The summed E-state index contributed by atoms with van der Waals surface area (Å²) in [4.78, 5) is 16.7. The molecule has 0 saturated carbocycles. The van der Waals surface area contributed by atoms with Gasteiger partial charge in [0, 0.05) is 16.6 Å². The number of benzene rings is 2. The van der Waals surface area contributed by atoms with Gasteiger partial charge >= 0.3 is 0 Å². The van der Waals surface area contributed by atoms with Crippen LogP contribution in [0.25, 0.3) is 10.6 Å². The van der Waals surface area contributed by atoms with Gasteiger partial charge in [-0.1, -0.05) is 32.0 Å². The summed E-state index contributed by atoms with van der Waals surface area (Å²) in [5, 5.41) is 5.43. The van der Waals surface area contributed by atoms with E-state index in [4.69, 9.17) is 4.74 Å². The number of hydrogen-bond acceptors (Lipinski definition) is 4. The first kappa shape index (κ1) is 17.2. The molecule has 5 heteroatoms. The molecule has 2 aromatic carbocycles. The lowest BCUT2D eigenvalue weighted by Gasteiger charge is -2.08. The van der Waals surface area contributed by atoms with Crippen molar-refractivity contribution >= 4 is 22.9 Å². The lowest BCUT2D eigenvalue weighted by atomic mass is 10.2. The number of nitrogens with one attached hydrogen (secondary N) is 1. The Labute approximate surface area is 151 Å². The molecule has 1 N–H and O–H groups in total. The molecule has 0 unspecified atom stereocenters. The molecule has 0 saturated heterocycles. The van der Waals surface area contributed by atoms with Crippen molar-refractivity contribution in [3.63, 3.8) is 0 Å². The van der Waals surface area contributed by atoms with Gasteiger partial charge in [-0.15, -0.1) is 11.3 Å². The third-order valence-corrected chi connectivity index (χ3v) is 4.34. The molecule has 3 aromatic rings. The predicted molar refractivity (Wildman–Crippen MR) is 102 cm³/mol. The summed E-state index contributed by atoms with van der Waals surface area (Å²) >= 11 is 1.45. The van der Waals surface area contributed by atoms with Crippen molar-refractivity contribution in [3.8, 4) is 16.3 Å². The minimum absolute atomic E-state index is 0.203. The van der Waals surface area contributed by atoms with E-state index in [-0.39, 0.29) is 5.91 Å². The molecule has 1 amide bonds. The average molecular weight is 352 g/mol. The molecule has 0 fully saturated rings. The van der Waals surface area contributed by atoms with Gasteiger partial charge < -0.3 is 10.1 Å². The van der Waals surface area contributed by atoms with Crippen LogP contribution in [0.4, 0.5) is 5.69 Å². The number of amides is 1. The molecular weight excluding hydrogens is 332 g/mol. The minimum Gasteiger partial charge on any atom is -0.493 e. The Hall–Kier alpha value is -2.66. The predicted octanol–water partition coefficient (Wildman–Crippen LogP) is 5.10.